The van der Waals surface area contributed by atoms with Crippen molar-refractivity contribution in [2.45, 2.75) is 25.6 Å². The molecule has 1 atom stereocenters. The van der Waals surface area contributed by atoms with Crippen molar-refractivity contribution >= 4 is 17.7 Å². The summed E-state index contributed by atoms with van der Waals surface area (Å²) >= 11 is 1.71. The van der Waals surface area contributed by atoms with Crippen LogP contribution in [0.5, 0.6) is 0 Å². The van der Waals surface area contributed by atoms with E-state index in [1.807, 2.05) is 11.8 Å². The van der Waals surface area contributed by atoms with Crippen LogP contribution in [-0.4, -0.2) is 27.7 Å². The van der Waals surface area contributed by atoms with E-state index in [-0.39, 0.29) is 11.3 Å². The maximum atomic E-state index is 11.8. The Balaban J connectivity index is 1.84. The second kappa shape index (κ2) is 5.98. The largest absolute Gasteiger partial charge is 0.326 e. The Morgan fingerprint density at radius 3 is 2.62 bits per heavy atom. The van der Waals surface area contributed by atoms with Crippen molar-refractivity contribution in [3.63, 3.8) is 0 Å². The molecule has 0 radical (unpaired) electrons. The molecule has 0 aliphatic carbocycles. The molecule has 1 fully saturated rings. The standard InChI is InChI=1S/C17H20N2OS/c1-3-13-5-7-15(8-6-13)18-10-9-14(11-18)17-19(4-2)16(20)12-21-17/h5-11,17H,3-4,12H2,1-2H3. The highest BCUT2D eigenvalue weighted by Crippen LogP contribution is 2.38. The van der Waals surface area contributed by atoms with E-state index in [0.29, 0.717) is 5.75 Å². The van der Waals surface area contributed by atoms with E-state index in [2.05, 4.69) is 54.2 Å². The quantitative estimate of drug-likeness (QED) is 0.861. The molecule has 1 aromatic carbocycles. The molecule has 4 heteroatoms. The van der Waals surface area contributed by atoms with E-state index in [1.165, 1.54) is 11.1 Å². The second-order valence-corrected chi connectivity index (χ2v) is 6.28. The Kier molecular flexibility index (Phi) is 4.06. The van der Waals surface area contributed by atoms with E-state index in [0.717, 1.165) is 18.7 Å². The van der Waals surface area contributed by atoms with Gasteiger partial charge in [0, 0.05) is 30.2 Å². The number of aromatic nitrogens is 1. The van der Waals surface area contributed by atoms with Gasteiger partial charge >= 0.3 is 0 Å². The first-order valence-electron chi connectivity index (χ1n) is 7.41. The monoisotopic (exact) mass is 300 g/mol. The first-order chi connectivity index (χ1) is 10.2. The molecule has 0 saturated carbocycles. The minimum atomic E-state index is 0.165. The van der Waals surface area contributed by atoms with Crippen LogP contribution >= 0.6 is 11.8 Å². The summed E-state index contributed by atoms with van der Waals surface area (Å²) in [7, 11) is 0. The topological polar surface area (TPSA) is 25.2 Å². The predicted octanol–water partition coefficient (Wildman–Crippen LogP) is 3.63. The molecule has 0 bridgehead atoms. The molecule has 1 amide bonds. The van der Waals surface area contributed by atoms with E-state index in [1.54, 1.807) is 11.8 Å². The van der Waals surface area contributed by atoms with Crippen molar-refractivity contribution in [2.24, 2.45) is 0 Å². The molecule has 1 aliphatic rings. The number of thioether (sulfide) groups is 1. The number of benzene rings is 1. The Bertz CT molecular complexity index is 632. The van der Waals surface area contributed by atoms with Gasteiger partial charge in [0.1, 0.15) is 5.37 Å². The summed E-state index contributed by atoms with van der Waals surface area (Å²) in [5, 5.41) is 0.165. The first kappa shape index (κ1) is 14.3. The SMILES string of the molecule is CCc1ccc(-n2ccc(C3SCC(=O)N3CC)c2)cc1. The lowest BCUT2D eigenvalue weighted by Gasteiger charge is -2.21. The lowest BCUT2D eigenvalue weighted by Crippen LogP contribution is -2.27. The summed E-state index contributed by atoms with van der Waals surface area (Å²) in [6, 6.07) is 10.7. The summed E-state index contributed by atoms with van der Waals surface area (Å²) in [4.78, 5) is 13.8. The summed E-state index contributed by atoms with van der Waals surface area (Å²) in [6.07, 6.45) is 5.27. The van der Waals surface area contributed by atoms with Crippen LogP contribution in [0.25, 0.3) is 5.69 Å². The molecule has 110 valence electrons. The van der Waals surface area contributed by atoms with Crippen LogP contribution in [0.4, 0.5) is 0 Å². The Labute approximate surface area is 130 Å². The Morgan fingerprint density at radius 1 is 1.19 bits per heavy atom. The van der Waals surface area contributed by atoms with Gasteiger partial charge in [0.2, 0.25) is 5.91 Å². The summed E-state index contributed by atoms with van der Waals surface area (Å²) in [6.45, 7) is 4.97. The maximum Gasteiger partial charge on any atom is 0.233 e. The zero-order valence-corrected chi connectivity index (χ0v) is 13.3. The van der Waals surface area contributed by atoms with Crippen LogP contribution in [0.1, 0.15) is 30.3 Å². The number of aryl methyl sites for hydroxylation is 1. The summed E-state index contributed by atoms with van der Waals surface area (Å²) in [5.41, 5.74) is 3.71. The Hall–Kier alpha value is -1.68. The summed E-state index contributed by atoms with van der Waals surface area (Å²) < 4.78 is 2.13. The van der Waals surface area contributed by atoms with E-state index < -0.39 is 0 Å². The highest BCUT2D eigenvalue weighted by Gasteiger charge is 2.31. The number of carbonyl (C=O) groups excluding carboxylic acids is 1. The van der Waals surface area contributed by atoms with Gasteiger partial charge in [-0.15, -0.1) is 11.8 Å². The lowest BCUT2D eigenvalue weighted by molar-refractivity contribution is -0.127. The normalized spacial score (nSPS) is 18.5. The number of hydrogen-bond acceptors (Lipinski definition) is 2. The van der Waals surface area contributed by atoms with Crippen molar-refractivity contribution in [1.82, 2.24) is 9.47 Å². The summed E-state index contributed by atoms with van der Waals surface area (Å²) in [5.74, 6) is 0.835. The van der Waals surface area contributed by atoms with Crippen molar-refractivity contribution in [3.8, 4) is 5.69 Å². The highest BCUT2D eigenvalue weighted by atomic mass is 32.2. The smallest absolute Gasteiger partial charge is 0.233 e. The van der Waals surface area contributed by atoms with Crippen LogP contribution in [0.3, 0.4) is 0 Å². The number of carbonyl (C=O) groups is 1. The number of hydrogen-bond donors (Lipinski definition) is 0. The third kappa shape index (κ3) is 2.72. The molecule has 0 N–H and O–H groups in total. The van der Waals surface area contributed by atoms with Gasteiger partial charge in [0.05, 0.1) is 5.75 Å². The van der Waals surface area contributed by atoms with Crippen LogP contribution < -0.4 is 0 Å². The van der Waals surface area contributed by atoms with Crippen LogP contribution in [0, 0.1) is 0 Å². The van der Waals surface area contributed by atoms with Gasteiger partial charge in [0.25, 0.3) is 0 Å². The minimum Gasteiger partial charge on any atom is -0.326 e. The molecule has 1 saturated heterocycles. The molecule has 1 unspecified atom stereocenters. The van der Waals surface area contributed by atoms with Crippen LogP contribution in [0.2, 0.25) is 0 Å². The van der Waals surface area contributed by atoms with Gasteiger partial charge in [-0.05, 0) is 37.1 Å². The average Bonchev–Trinajstić information content (AvgIpc) is 3.13. The van der Waals surface area contributed by atoms with Gasteiger partial charge in [-0.3, -0.25) is 4.79 Å². The third-order valence-electron chi connectivity index (χ3n) is 3.95. The van der Waals surface area contributed by atoms with Gasteiger partial charge < -0.3 is 9.47 Å². The molecule has 2 aromatic rings. The Morgan fingerprint density at radius 2 is 1.95 bits per heavy atom. The first-order valence-corrected chi connectivity index (χ1v) is 8.46. The van der Waals surface area contributed by atoms with Crippen molar-refractivity contribution in [2.75, 3.05) is 12.3 Å². The van der Waals surface area contributed by atoms with Crippen molar-refractivity contribution in [1.29, 1.82) is 0 Å². The van der Waals surface area contributed by atoms with E-state index in [9.17, 15) is 4.79 Å². The van der Waals surface area contributed by atoms with Crippen molar-refractivity contribution < 1.29 is 4.79 Å². The van der Waals surface area contributed by atoms with Gasteiger partial charge in [-0.25, -0.2) is 0 Å². The molecule has 0 spiro atoms. The fourth-order valence-electron chi connectivity index (χ4n) is 2.70. The number of rotatable bonds is 4. The highest BCUT2D eigenvalue weighted by molar-refractivity contribution is 8.00. The zero-order valence-electron chi connectivity index (χ0n) is 12.5. The molecular weight excluding hydrogens is 280 g/mol. The van der Waals surface area contributed by atoms with Gasteiger partial charge in [-0.2, -0.15) is 0 Å². The fourth-order valence-corrected chi connectivity index (χ4v) is 3.94. The number of nitrogens with zero attached hydrogens (tertiary/aromatic N) is 2. The van der Waals surface area contributed by atoms with E-state index in [4.69, 9.17) is 0 Å². The van der Waals surface area contributed by atoms with Gasteiger partial charge in [-0.1, -0.05) is 19.1 Å². The second-order valence-electron chi connectivity index (χ2n) is 5.22. The van der Waals surface area contributed by atoms with Crippen LogP contribution in [-0.2, 0) is 11.2 Å². The average molecular weight is 300 g/mol. The molecule has 3 rings (SSSR count). The molecule has 1 aliphatic heterocycles. The van der Waals surface area contributed by atoms with Crippen LogP contribution in [0.15, 0.2) is 42.7 Å². The molecular formula is C17H20N2OS. The van der Waals surface area contributed by atoms with E-state index >= 15 is 0 Å². The minimum absolute atomic E-state index is 0.165. The molecule has 21 heavy (non-hydrogen) atoms. The zero-order chi connectivity index (χ0) is 14.8. The number of amides is 1. The predicted molar refractivity (Wildman–Crippen MR) is 87.7 cm³/mol. The fraction of sp³-hybridized carbons (Fsp3) is 0.353. The molecule has 3 nitrogen and oxygen atoms in total. The molecule has 2 heterocycles. The van der Waals surface area contributed by atoms with Gasteiger partial charge in [0.15, 0.2) is 0 Å². The maximum absolute atomic E-state index is 11.8. The van der Waals surface area contributed by atoms with Crippen molar-refractivity contribution in [3.05, 3.63) is 53.9 Å². The lowest BCUT2D eigenvalue weighted by atomic mass is 10.1. The molecule has 1 aromatic heterocycles. The third-order valence-corrected chi connectivity index (χ3v) is 5.21.